The highest BCUT2D eigenvalue weighted by molar-refractivity contribution is 6.32. The highest BCUT2D eigenvalue weighted by atomic mass is 19.4. The molecule has 1 rings (SSSR count). The lowest BCUT2D eigenvalue weighted by atomic mass is 9.81. The maximum Gasteiger partial charge on any atom is 0.636 e. The summed E-state index contributed by atoms with van der Waals surface area (Å²) in [6, 6.07) is 0. The van der Waals surface area contributed by atoms with Gasteiger partial charge in [-0.1, -0.05) is 0 Å². The van der Waals surface area contributed by atoms with Crippen LogP contribution in [0.5, 0.6) is 0 Å². The maximum atomic E-state index is 13.4. The van der Waals surface area contributed by atoms with Gasteiger partial charge in [-0.25, -0.2) is 4.39 Å². The summed E-state index contributed by atoms with van der Waals surface area (Å²) >= 11 is 0. The molecule has 0 aliphatic heterocycles. The van der Waals surface area contributed by atoms with Crippen molar-refractivity contribution in [2.45, 2.75) is 36.0 Å². The minimum absolute atomic E-state index is 2.86. The van der Waals surface area contributed by atoms with Crippen LogP contribution in [0.1, 0.15) is 6.42 Å². The van der Waals surface area contributed by atoms with Crippen molar-refractivity contribution >= 4 is 7.32 Å². The van der Waals surface area contributed by atoms with Crippen LogP contribution in [0.3, 0.4) is 0 Å². The van der Waals surface area contributed by atoms with E-state index in [9.17, 15) is 39.5 Å². The highest BCUT2D eigenvalue weighted by Gasteiger charge is 2.91. The van der Waals surface area contributed by atoms with Crippen LogP contribution >= 0.6 is 0 Å². The Bertz CT molecular complexity index is 373. The van der Waals surface area contributed by atoms with Gasteiger partial charge in [-0.2, -0.15) is 35.1 Å². The van der Waals surface area contributed by atoms with Crippen LogP contribution in [0.2, 0.25) is 0 Å². The van der Waals surface area contributed by atoms with Crippen molar-refractivity contribution in [3.8, 4) is 0 Å². The molecule has 1 fully saturated rings. The largest absolute Gasteiger partial charge is 0.636 e. The number of hydrogen-bond acceptors (Lipinski definition) is 3. The van der Waals surface area contributed by atoms with Gasteiger partial charge in [0, 0.05) is 0 Å². The molecule has 1 saturated carbocycles. The average Bonchev–Trinajstić information content (AvgIpc) is 2.12. The number of halogens is 9. The first-order valence-electron chi connectivity index (χ1n) is 4.36. The van der Waals surface area contributed by atoms with Gasteiger partial charge < -0.3 is 14.7 Å². The maximum absolute atomic E-state index is 13.4. The van der Waals surface area contributed by atoms with E-state index in [4.69, 9.17) is 10.0 Å². The summed E-state index contributed by atoms with van der Waals surface area (Å²) in [5.74, 6) is -31.1. The first kappa shape index (κ1) is 16.4. The molecular formula is C6H4BF9O3. The smallest absolute Gasteiger partial charge is 0.402 e. The lowest BCUT2D eigenvalue weighted by Gasteiger charge is -2.48. The van der Waals surface area contributed by atoms with Crippen molar-refractivity contribution in [1.29, 1.82) is 0 Å². The molecule has 13 heteroatoms. The van der Waals surface area contributed by atoms with Crippen molar-refractivity contribution in [2.75, 3.05) is 0 Å². The summed E-state index contributed by atoms with van der Waals surface area (Å²) in [5.41, 5.74) is 0. The van der Waals surface area contributed by atoms with Gasteiger partial charge >= 0.3 is 31.0 Å². The van der Waals surface area contributed by atoms with Gasteiger partial charge in [-0.05, 0) is 0 Å². The number of hydrogen-bond donors (Lipinski definition) is 2. The zero-order valence-corrected chi connectivity index (χ0v) is 8.49. The summed E-state index contributed by atoms with van der Waals surface area (Å²) in [6.07, 6.45) is -3.19. The molecule has 2 N–H and O–H groups in total. The third-order valence-corrected chi connectivity index (χ3v) is 2.46. The van der Waals surface area contributed by atoms with E-state index in [-0.39, 0.29) is 0 Å². The molecule has 0 saturated heterocycles. The quantitative estimate of drug-likeness (QED) is 0.601. The van der Waals surface area contributed by atoms with E-state index in [0.29, 0.717) is 0 Å². The monoisotopic (exact) mass is 306 g/mol. The van der Waals surface area contributed by atoms with Gasteiger partial charge in [-0.15, -0.1) is 0 Å². The van der Waals surface area contributed by atoms with Crippen molar-refractivity contribution in [3.05, 3.63) is 0 Å². The van der Waals surface area contributed by atoms with Crippen molar-refractivity contribution in [2.24, 2.45) is 0 Å². The van der Waals surface area contributed by atoms with E-state index >= 15 is 0 Å². The average molecular weight is 306 g/mol. The summed E-state index contributed by atoms with van der Waals surface area (Å²) in [4.78, 5) is 0. The molecule has 1 aliphatic rings. The lowest BCUT2D eigenvalue weighted by Crippen LogP contribution is -2.75. The molecule has 3 nitrogen and oxygen atoms in total. The Balaban J connectivity index is 3.41. The second-order valence-electron chi connectivity index (χ2n) is 3.78. The van der Waals surface area contributed by atoms with Gasteiger partial charge in [0.1, 0.15) is 0 Å². The lowest BCUT2D eigenvalue weighted by molar-refractivity contribution is -0.453. The molecule has 1 atom stereocenters. The zero-order valence-electron chi connectivity index (χ0n) is 8.49. The van der Waals surface area contributed by atoms with Crippen LogP contribution in [0.15, 0.2) is 0 Å². The Morgan fingerprint density at radius 1 is 0.737 bits per heavy atom. The molecule has 0 aromatic heterocycles. The Labute approximate surface area is 98.7 Å². The number of rotatable bonds is 2. The Morgan fingerprint density at radius 2 is 1.16 bits per heavy atom. The fraction of sp³-hybridized carbons (Fsp3) is 1.00. The fourth-order valence-electron chi connectivity index (χ4n) is 1.45. The van der Waals surface area contributed by atoms with Crippen LogP contribution in [0, 0.1) is 0 Å². The molecule has 0 bridgehead atoms. The molecule has 0 aromatic rings. The van der Waals surface area contributed by atoms with Crippen LogP contribution in [0.25, 0.3) is 0 Å². The van der Waals surface area contributed by atoms with E-state index in [1.165, 1.54) is 0 Å². The predicted molar refractivity (Wildman–Crippen MR) is 39.5 cm³/mol. The highest BCUT2D eigenvalue weighted by Crippen LogP contribution is 2.64. The van der Waals surface area contributed by atoms with Gasteiger partial charge in [0.2, 0.25) is 0 Å². The van der Waals surface area contributed by atoms with E-state index < -0.39 is 43.3 Å². The molecule has 0 amide bonds. The summed E-state index contributed by atoms with van der Waals surface area (Å²) in [6.45, 7) is 0. The minimum atomic E-state index is -6.81. The van der Waals surface area contributed by atoms with Gasteiger partial charge in [0.05, 0.1) is 6.42 Å². The van der Waals surface area contributed by atoms with Gasteiger partial charge in [0.15, 0.2) is 0 Å². The Hall–Kier alpha value is -0.685. The molecular weight excluding hydrogens is 302 g/mol. The molecule has 1 unspecified atom stereocenters. The van der Waals surface area contributed by atoms with E-state index in [2.05, 4.69) is 4.65 Å². The third kappa shape index (κ3) is 1.89. The Morgan fingerprint density at radius 3 is 1.53 bits per heavy atom. The van der Waals surface area contributed by atoms with Crippen LogP contribution in [-0.4, -0.2) is 46.9 Å². The molecule has 0 spiro atoms. The Kier molecular flexibility index (Phi) is 3.37. The SMILES string of the molecule is OB(O)OC1(F)CC(F)(F)C(F)(F)C(F)(F)C1(F)F. The second-order valence-corrected chi connectivity index (χ2v) is 3.78. The van der Waals surface area contributed by atoms with Crippen molar-refractivity contribution < 1.29 is 54.2 Å². The van der Waals surface area contributed by atoms with Crippen LogP contribution in [-0.2, 0) is 4.65 Å². The first-order chi connectivity index (χ1) is 8.12. The van der Waals surface area contributed by atoms with Gasteiger partial charge in [-0.3, -0.25) is 0 Å². The molecule has 1 aliphatic carbocycles. The molecule has 19 heavy (non-hydrogen) atoms. The topological polar surface area (TPSA) is 49.7 Å². The van der Waals surface area contributed by atoms with Crippen LogP contribution < -0.4 is 0 Å². The summed E-state index contributed by atoms with van der Waals surface area (Å²) in [7, 11) is -3.49. The predicted octanol–water partition coefficient (Wildman–Crippen LogP) is 1.58. The normalized spacial score (nSPS) is 34.9. The van der Waals surface area contributed by atoms with Crippen LogP contribution in [0.4, 0.5) is 39.5 Å². The van der Waals surface area contributed by atoms with E-state index in [1.807, 2.05) is 0 Å². The van der Waals surface area contributed by atoms with E-state index in [1.54, 1.807) is 0 Å². The first-order valence-corrected chi connectivity index (χ1v) is 4.36. The van der Waals surface area contributed by atoms with Crippen molar-refractivity contribution in [3.63, 3.8) is 0 Å². The summed E-state index contributed by atoms with van der Waals surface area (Å²) < 4.78 is 118. The molecule has 112 valence electrons. The second kappa shape index (κ2) is 3.91. The third-order valence-electron chi connectivity index (χ3n) is 2.46. The van der Waals surface area contributed by atoms with E-state index in [0.717, 1.165) is 0 Å². The fourth-order valence-corrected chi connectivity index (χ4v) is 1.45. The minimum Gasteiger partial charge on any atom is -0.402 e. The van der Waals surface area contributed by atoms with Crippen molar-refractivity contribution in [1.82, 2.24) is 0 Å². The molecule has 0 radical (unpaired) electrons. The molecule has 0 aromatic carbocycles. The molecule has 0 heterocycles. The van der Waals surface area contributed by atoms with Gasteiger partial charge in [0.25, 0.3) is 5.85 Å². The number of alkyl halides is 9. The standard InChI is InChI=1S/C6H4BF9O3/c8-2(9)1-3(10,19-7(17)18)5(13,14)6(15,16)4(2,11)12/h17-18H,1H2. The summed E-state index contributed by atoms with van der Waals surface area (Å²) in [5, 5.41) is 16.1. The zero-order chi connectivity index (χ0) is 15.5.